The van der Waals surface area contributed by atoms with Crippen LogP contribution in [0.4, 0.5) is 0 Å². The van der Waals surface area contributed by atoms with Gasteiger partial charge in [0.2, 0.25) is 11.7 Å². The quantitative estimate of drug-likeness (QED) is 0.700. The number of amides is 1. The molecule has 0 fully saturated rings. The van der Waals surface area contributed by atoms with Gasteiger partial charge in [-0.25, -0.2) is 4.79 Å². The zero-order valence-corrected chi connectivity index (χ0v) is 12.4. The first-order valence-electron chi connectivity index (χ1n) is 7.06. The van der Waals surface area contributed by atoms with Crippen LogP contribution in [-0.4, -0.2) is 43.2 Å². The third kappa shape index (κ3) is 4.73. The molecule has 2 N–H and O–H groups in total. The predicted octanol–water partition coefficient (Wildman–Crippen LogP) is 0.876. The van der Waals surface area contributed by atoms with E-state index in [1.807, 2.05) is 30.3 Å². The standard InChI is InChI=1S/C15H17N5O3/c1-2-3-9-12(15(22)23)16-13(21)10-20-18-14(17-19-20)11-7-5-4-6-8-11/h2,4-8,12H,1,3,9-10H2,(H,16,21)(H,22,23). The average molecular weight is 315 g/mol. The first-order chi connectivity index (χ1) is 11.1. The second kappa shape index (κ2) is 7.83. The number of carbonyl (C=O) groups is 2. The summed E-state index contributed by atoms with van der Waals surface area (Å²) in [7, 11) is 0. The molecule has 120 valence electrons. The normalized spacial score (nSPS) is 11.7. The van der Waals surface area contributed by atoms with Gasteiger partial charge in [0, 0.05) is 5.56 Å². The molecule has 8 heteroatoms. The molecule has 0 bridgehead atoms. The van der Waals surface area contributed by atoms with E-state index in [2.05, 4.69) is 27.3 Å². The maximum absolute atomic E-state index is 11.9. The summed E-state index contributed by atoms with van der Waals surface area (Å²) in [6, 6.07) is 8.27. The molecule has 0 aliphatic carbocycles. The van der Waals surface area contributed by atoms with Gasteiger partial charge in [-0.15, -0.1) is 16.8 Å². The fourth-order valence-corrected chi connectivity index (χ4v) is 1.92. The zero-order chi connectivity index (χ0) is 16.7. The van der Waals surface area contributed by atoms with Crippen LogP contribution in [0.1, 0.15) is 12.8 Å². The lowest BCUT2D eigenvalue weighted by molar-refractivity contribution is -0.142. The highest BCUT2D eigenvalue weighted by Crippen LogP contribution is 2.11. The van der Waals surface area contributed by atoms with E-state index in [1.165, 1.54) is 0 Å². The molecule has 8 nitrogen and oxygen atoms in total. The van der Waals surface area contributed by atoms with Crippen LogP contribution < -0.4 is 5.32 Å². The molecule has 2 aromatic rings. The first-order valence-corrected chi connectivity index (χ1v) is 7.06. The third-order valence-corrected chi connectivity index (χ3v) is 3.06. The Morgan fingerprint density at radius 3 is 2.74 bits per heavy atom. The smallest absolute Gasteiger partial charge is 0.326 e. The molecular weight excluding hydrogens is 298 g/mol. The number of nitrogens with zero attached hydrogens (tertiary/aromatic N) is 4. The van der Waals surface area contributed by atoms with Gasteiger partial charge in [-0.1, -0.05) is 36.4 Å². The van der Waals surface area contributed by atoms with E-state index in [1.54, 1.807) is 6.08 Å². The number of rotatable bonds is 8. The van der Waals surface area contributed by atoms with Crippen LogP contribution in [0.15, 0.2) is 43.0 Å². The summed E-state index contributed by atoms with van der Waals surface area (Å²) >= 11 is 0. The molecule has 0 aliphatic heterocycles. The highest BCUT2D eigenvalue weighted by molar-refractivity contribution is 5.83. The first kappa shape index (κ1) is 16.3. The van der Waals surface area contributed by atoms with Gasteiger partial charge < -0.3 is 10.4 Å². The molecule has 2 rings (SSSR count). The van der Waals surface area contributed by atoms with Crippen LogP contribution in [-0.2, 0) is 16.1 Å². The fraction of sp³-hybridized carbons (Fsp3) is 0.267. The van der Waals surface area contributed by atoms with Crippen molar-refractivity contribution in [2.75, 3.05) is 0 Å². The zero-order valence-electron chi connectivity index (χ0n) is 12.4. The molecule has 1 aromatic heterocycles. The van der Waals surface area contributed by atoms with Crippen molar-refractivity contribution in [2.45, 2.75) is 25.4 Å². The molecule has 0 spiro atoms. The van der Waals surface area contributed by atoms with Gasteiger partial charge in [0.25, 0.3) is 0 Å². The number of nitrogens with one attached hydrogen (secondary N) is 1. The van der Waals surface area contributed by atoms with Gasteiger partial charge in [-0.2, -0.15) is 4.80 Å². The Bertz CT molecular complexity index is 683. The van der Waals surface area contributed by atoms with Gasteiger partial charge in [0.15, 0.2) is 0 Å². The van der Waals surface area contributed by atoms with E-state index < -0.39 is 17.9 Å². The number of tetrazole rings is 1. The number of carboxylic acid groups (broad SMARTS) is 1. The number of hydrogen-bond acceptors (Lipinski definition) is 5. The molecule has 1 aromatic carbocycles. The molecule has 0 saturated carbocycles. The Kier molecular flexibility index (Phi) is 5.56. The van der Waals surface area contributed by atoms with E-state index in [0.29, 0.717) is 12.2 Å². The Balaban J connectivity index is 1.96. The van der Waals surface area contributed by atoms with Crippen LogP contribution in [0.5, 0.6) is 0 Å². The number of aliphatic carboxylic acids is 1. The Hall–Kier alpha value is -3.03. The molecular formula is C15H17N5O3. The highest BCUT2D eigenvalue weighted by Gasteiger charge is 2.19. The number of carbonyl (C=O) groups excluding carboxylic acids is 1. The lowest BCUT2D eigenvalue weighted by Gasteiger charge is -2.12. The van der Waals surface area contributed by atoms with Crippen molar-refractivity contribution in [1.29, 1.82) is 0 Å². The number of hydrogen-bond donors (Lipinski definition) is 2. The topological polar surface area (TPSA) is 110 Å². The van der Waals surface area contributed by atoms with Crippen LogP contribution in [0.3, 0.4) is 0 Å². The van der Waals surface area contributed by atoms with Gasteiger partial charge >= 0.3 is 5.97 Å². The maximum Gasteiger partial charge on any atom is 0.326 e. The predicted molar refractivity (Wildman–Crippen MR) is 82.3 cm³/mol. The molecule has 1 atom stereocenters. The molecule has 0 aliphatic rings. The molecule has 1 amide bonds. The molecule has 0 radical (unpaired) electrons. The summed E-state index contributed by atoms with van der Waals surface area (Å²) in [5, 5.41) is 23.3. The summed E-state index contributed by atoms with van der Waals surface area (Å²) < 4.78 is 0. The van der Waals surface area contributed by atoms with Crippen molar-refractivity contribution >= 4 is 11.9 Å². The van der Waals surface area contributed by atoms with Crippen molar-refractivity contribution < 1.29 is 14.7 Å². The van der Waals surface area contributed by atoms with Crippen molar-refractivity contribution in [3.8, 4) is 11.4 Å². The SMILES string of the molecule is C=CCCC(NC(=O)Cn1nnc(-c2ccccc2)n1)C(=O)O. The van der Waals surface area contributed by atoms with Gasteiger partial charge in [-0.3, -0.25) is 4.79 Å². The second-order valence-corrected chi connectivity index (χ2v) is 4.83. The summed E-state index contributed by atoms with van der Waals surface area (Å²) in [6.07, 6.45) is 2.38. The molecule has 1 heterocycles. The van der Waals surface area contributed by atoms with Gasteiger partial charge in [0.05, 0.1) is 0 Å². The largest absolute Gasteiger partial charge is 0.480 e. The summed E-state index contributed by atoms with van der Waals surface area (Å²) in [4.78, 5) is 24.1. The van der Waals surface area contributed by atoms with E-state index in [4.69, 9.17) is 5.11 Å². The van der Waals surface area contributed by atoms with Crippen LogP contribution in [0.2, 0.25) is 0 Å². The number of benzene rings is 1. The maximum atomic E-state index is 11.9. The van der Waals surface area contributed by atoms with Gasteiger partial charge in [-0.05, 0) is 18.1 Å². The van der Waals surface area contributed by atoms with E-state index >= 15 is 0 Å². The van der Waals surface area contributed by atoms with Crippen molar-refractivity contribution in [1.82, 2.24) is 25.5 Å². The minimum absolute atomic E-state index is 0.197. The van der Waals surface area contributed by atoms with Crippen LogP contribution in [0, 0.1) is 0 Å². The lowest BCUT2D eigenvalue weighted by atomic mass is 10.1. The summed E-state index contributed by atoms with van der Waals surface area (Å²) in [5.74, 6) is -1.17. The molecule has 0 saturated heterocycles. The van der Waals surface area contributed by atoms with Crippen LogP contribution in [0.25, 0.3) is 11.4 Å². The minimum Gasteiger partial charge on any atom is -0.480 e. The van der Waals surface area contributed by atoms with Crippen LogP contribution >= 0.6 is 0 Å². The molecule has 1 unspecified atom stereocenters. The van der Waals surface area contributed by atoms with Crippen molar-refractivity contribution in [3.05, 3.63) is 43.0 Å². The number of carboxylic acids is 1. The Morgan fingerprint density at radius 2 is 2.09 bits per heavy atom. The number of allylic oxidation sites excluding steroid dienone is 1. The third-order valence-electron chi connectivity index (χ3n) is 3.06. The van der Waals surface area contributed by atoms with Gasteiger partial charge in [0.1, 0.15) is 12.6 Å². The summed E-state index contributed by atoms with van der Waals surface area (Å²) in [5.41, 5.74) is 0.786. The fourth-order valence-electron chi connectivity index (χ4n) is 1.92. The summed E-state index contributed by atoms with van der Waals surface area (Å²) in [6.45, 7) is 3.34. The minimum atomic E-state index is -1.09. The lowest BCUT2D eigenvalue weighted by Crippen LogP contribution is -2.42. The average Bonchev–Trinajstić information content (AvgIpc) is 3.00. The Morgan fingerprint density at radius 1 is 1.35 bits per heavy atom. The van der Waals surface area contributed by atoms with Crippen molar-refractivity contribution in [2.24, 2.45) is 0 Å². The van der Waals surface area contributed by atoms with Crippen molar-refractivity contribution in [3.63, 3.8) is 0 Å². The van der Waals surface area contributed by atoms with E-state index in [-0.39, 0.29) is 13.0 Å². The monoisotopic (exact) mass is 315 g/mol. The number of aromatic nitrogens is 4. The Labute approximate surface area is 132 Å². The van der Waals surface area contributed by atoms with E-state index in [9.17, 15) is 9.59 Å². The van der Waals surface area contributed by atoms with E-state index in [0.717, 1.165) is 10.4 Å². The molecule has 23 heavy (non-hydrogen) atoms. The second-order valence-electron chi connectivity index (χ2n) is 4.83. The highest BCUT2D eigenvalue weighted by atomic mass is 16.4.